The molecule has 1 aromatic carbocycles. The third-order valence-electron chi connectivity index (χ3n) is 3.60. The Labute approximate surface area is 158 Å². The van der Waals surface area contributed by atoms with Crippen molar-refractivity contribution in [1.82, 2.24) is 10.6 Å². The number of esters is 1. The Kier molecular flexibility index (Phi) is 10.2. The number of aliphatic hydroxyl groups is 1. The standard InChI is InChI=1S/C19H26N2O6/c1-3-4-10-16(18(24)26-2)21-17(23)11-15(22)12-20-19(25)27-13-14-8-6-5-7-9-14/h3,5-9,15-16,22H,1,4,10-13H2,2H3,(H,20,25)(H,21,23)/t15-,16-/m1/s1. The summed E-state index contributed by atoms with van der Waals surface area (Å²) in [5, 5.41) is 14.8. The van der Waals surface area contributed by atoms with Crippen molar-refractivity contribution in [3.05, 3.63) is 48.6 Å². The predicted molar refractivity (Wildman–Crippen MR) is 98.6 cm³/mol. The summed E-state index contributed by atoms with van der Waals surface area (Å²) >= 11 is 0. The lowest BCUT2D eigenvalue weighted by molar-refractivity contribution is -0.145. The molecule has 0 saturated carbocycles. The third kappa shape index (κ3) is 9.41. The molecule has 8 heteroatoms. The van der Waals surface area contributed by atoms with E-state index in [-0.39, 0.29) is 19.6 Å². The molecule has 0 saturated heterocycles. The number of nitrogens with one attached hydrogen (secondary N) is 2. The number of alkyl carbamates (subject to hydrolysis) is 1. The summed E-state index contributed by atoms with van der Waals surface area (Å²) in [5.41, 5.74) is 0.834. The van der Waals surface area contributed by atoms with Gasteiger partial charge in [-0.05, 0) is 18.4 Å². The Morgan fingerprint density at radius 2 is 1.96 bits per heavy atom. The molecule has 0 aliphatic rings. The van der Waals surface area contributed by atoms with Gasteiger partial charge >= 0.3 is 12.1 Å². The van der Waals surface area contributed by atoms with Crippen LogP contribution in [0.15, 0.2) is 43.0 Å². The predicted octanol–water partition coefficient (Wildman–Crippen LogP) is 1.29. The molecule has 0 heterocycles. The van der Waals surface area contributed by atoms with Crippen molar-refractivity contribution in [2.24, 2.45) is 0 Å². The maximum absolute atomic E-state index is 12.0. The number of allylic oxidation sites excluding steroid dienone is 1. The first kappa shape index (κ1) is 22.2. The topological polar surface area (TPSA) is 114 Å². The average Bonchev–Trinajstić information content (AvgIpc) is 2.68. The van der Waals surface area contributed by atoms with Crippen LogP contribution >= 0.6 is 0 Å². The maximum atomic E-state index is 12.0. The van der Waals surface area contributed by atoms with Crippen LogP contribution in [0.4, 0.5) is 4.79 Å². The van der Waals surface area contributed by atoms with Gasteiger partial charge in [0.2, 0.25) is 5.91 Å². The fourth-order valence-corrected chi connectivity index (χ4v) is 2.19. The summed E-state index contributed by atoms with van der Waals surface area (Å²) in [6, 6.07) is 8.34. The summed E-state index contributed by atoms with van der Waals surface area (Å²) in [5.74, 6) is -1.09. The zero-order valence-corrected chi connectivity index (χ0v) is 15.3. The second kappa shape index (κ2) is 12.5. The summed E-state index contributed by atoms with van der Waals surface area (Å²) in [6.07, 6.45) is 0.408. The molecule has 1 aromatic rings. The van der Waals surface area contributed by atoms with Crippen LogP contribution in [0.2, 0.25) is 0 Å². The van der Waals surface area contributed by atoms with Crippen LogP contribution in [0.3, 0.4) is 0 Å². The molecular formula is C19H26N2O6. The molecule has 0 radical (unpaired) electrons. The van der Waals surface area contributed by atoms with Gasteiger partial charge in [-0.2, -0.15) is 0 Å². The summed E-state index contributed by atoms with van der Waals surface area (Å²) < 4.78 is 9.64. The second-order valence-electron chi connectivity index (χ2n) is 5.81. The summed E-state index contributed by atoms with van der Waals surface area (Å²) in [7, 11) is 1.23. The van der Waals surface area contributed by atoms with Crippen LogP contribution in [0.25, 0.3) is 0 Å². The number of hydrogen-bond donors (Lipinski definition) is 3. The van der Waals surface area contributed by atoms with Crippen molar-refractivity contribution in [2.75, 3.05) is 13.7 Å². The van der Waals surface area contributed by atoms with Crippen LogP contribution in [0.5, 0.6) is 0 Å². The molecule has 0 bridgehead atoms. The minimum absolute atomic E-state index is 0.105. The quantitative estimate of drug-likeness (QED) is 0.395. The first-order valence-electron chi connectivity index (χ1n) is 8.57. The molecule has 0 aliphatic carbocycles. The normalized spacial score (nSPS) is 12.4. The lowest BCUT2D eigenvalue weighted by atomic mass is 10.1. The smallest absolute Gasteiger partial charge is 0.407 e. The van der Waals surface area contributed by atoms with E-state index >= 15 is 0 Å². The molecule has 148 valence electrons. The molecule has 0 fully saturated rings. The highest BCUT2D eigenvalue weighted by Crippen LogP contribution is 2.03. The highest BCUT2D eigenvalue weighted by Gasteiger charge is 2.22. The van der Waals surface area contributed by atoms with E-state index in [0.717, 1.165) is 5.56 Å². The van der Waals surface area contributed by atoms with Crippen molar-refractivity contribution < 1.29 is 29.0 Å². The Bertz CT molecular complexity index is 620. The molecular weight excluding hydrogens is 352 g/mol. The Hall–Kier alpha value is -2.87. The van der Waals surface area contributed by atoms with E-state index < -0.39 is 30.1 Å². The number of benzene rings is 1. The van der Waals surface area contributed by atoms with Crippen LogP contribution in [-0.4, -0.2) is 48.9 Å². The minimum atomic E-state index is -1.12. The number of methoxy groups -OCH3 is 1. The number of rotatable bonds is 11. The second-order valence-corrected chi connectivity index (χ2v) is 5.81. The van der Waals surface area contributed by atoms with Crippen LogP contribution < -0.4 is 10.6 Å². The largest absolute Gasteiger partial charge is 0.467 e. The fraction of sp³-hybridized carbons (Fsp3) is 0.421. The first-order chi connectivity index (χ1) is 13.0. The van der Waals surface area contributed by atoms with E-state index in [1.807, 2.05) is 30.3 Å². The molecule has 0 unspecified atom stereocenters. The van der Waals surface area contributed by atoms with Gasteiger partial charge in [0.15, 0.2) is 0 Å². The van der Waals surface area contributed by atoms with E-state index in [0.29, 0.717) is 12.8 Å². The molecule has 2 atom stereocenters. The molecule has 27 heavy (non-hydrogen) atoms. The van der Waals surface area contributed by atoms with Gasteiger partial charge in [0.05, 0.1) is 19.6 Å². The molecule has 0 aliphatic heterocycles. The third-order valence-corrected chi connectivity index (χ3v) is 3.60. The Morgan fingerprint density at radius 3 is 2.59 bits per heavy atom. The molecule has 2 amide bonds. The number of carbonyl (C=O) groups is 3. The number of hydrogen-bond acceptors (Lipinski definition) is 6. The number of amides is 2. The van der Waals surface area contributed by atoms with Gasteiger partial charge in [0, 0.05) is 6.54 Å². The number of ether oxygens (including phenoxy) is 2. The van der Waals surface area contributed by atoms with Crippen LogP contribution in [0.1, 0.15) is 24.8 Å². The van der Waals surface area contributed by atoms with E-state index in [1.165, 1.54) is 7.11 Å². The lowest BCUT2D eigenvalue weighted by Gasteiger charge is -2.17. The molecule has 1 rings (SSSR count). The van der Waals surface area contributed by atoms with Crippen LogP contribution in [-0.2, 0) is 25.7 Å². The van der Waals surface area contributed by atoms with Crippen molar-refractivity contribution in [3.63, 3.8) is 0 Å². The first-order valence-corrected chi connectivity index (χ1v) is 8.57. The number of aliphatic hydroxyl groups excluding tert-OH is 1. The zero-order valence-electron chi connectivity index (χ0n) is 15.3. The van der Waals surface area contributed by atoms with Crippen molar-refractivity contribution >= 4 is 18.0 Å². The van der Waals surface area contributed by atoms with E-state index in [4.69, 9.17) is 4.74 Å². The Morgan fingerprint density at radius 1 is 1.26 bits per heavy atom. The maximum Gasteiger partial charge on any atom is 0.407 e. The SMILES string of the molecule is C=CCC[C@@H](NC(=O)C[C@@H](O)CNC(=O)OCc1ccccc1)C(=O)OC. The highest BCUT2D eigenvalue weighted by molar-refractivity contribution is 5.84. The van der Waals surface area contributed by atoms with Gasteiger partial charge in [-0.15, -0.1) is 6.58 Å². The zero-order chi connectivity index (χ0) is 20.1. The van der Waals surface area contributed by atoms with Gasteiger partial charge in [-0.3, -0.25) is 4.79 Å². The molecule has 3 N–H and O–H groups in total. The molecule has 8 nitrogen and oxygen atoms in total. The molecule has 0 aromatic heterocycles. The molecule has 0 spiro atoms. The Balaban J connectivity index is 2.31. The summed E-state index contributed by atoms with van der Waals surface area (Å²) in [6.45, 7) is 3.51. The van der Waals surface area contributed by atoms with Crippen molar-refractivity contribution in [2.45, 2.75) is 38.0 Å². The van der Waals surface area contributed by atoms with Gasteiger partial charge in [0.1, 0.15) is 12.6 Å². The minimum Gasteiger partial charge on any atom is -0.467 e. The van der Waals surface area contributed by atoms with Crippen molar-refractivity contribution in [3.8, 4) is 0 Å². The van der Waals surface area contributed by atoms with Gasteiger partial charge < -0.3 is 25.2 Å². The lowest BCUT2D eigenvalue weighted by Crippen LogP contribution is -2.43. The van der Waals surface area contributed by atoms with Gasteiger partial charge in [-0.1, -0.05) is 36.4 Å². The highest BCUT2D eigenvalue weighted by atomic mass is 16.5. The van der Waals surface area contributed by atoms with Crippen LogP contribution in [0, 0.1) is 0 Å². The number of carbonyl (C=O) groups excluding carboxylic acids is 3. The van der Waals surface area contributed by atoms with E-state index in [9.17, 15) is 19.5 Å². The van der Waals surface area contributed by atoms with Gasteiger partial charge in [0.25, 0.3) is 0 Å². The van der Waals surface area contributed by atoms with Crippen molar-refractivity contribution in [1.29, 1.82) is 0 Å². The van der Waals surface area contributed by atoms with Gasteiger partial charge in [-0.25, -0.2) is 9.59 Å². The van der Waals surface area contributed by atoms with E-state index in [2.05, 4.69) is 21.9 Å². The summed E-state index contributed by atoms with van der Waals surface area (Å²) in [4.78, 5) is 35.2. The van der Waals surface area contributed by atoms with E-state index in [1.54, 1.807) is 6.08 Å². The monoisotopic (exact) mass is 378 g/mol. The fourth-order valence-electron chi connectivity index (χ4n) is 2.19. The average molecular weight is 378 g/mol.